The third-order valence-corrected chi connectivity index (χ3v) is 3.66. The lowest BCUT2D eigenvalue weighted by atomic mass is 10.2. The highest BCUT2D eigenvalue weighted by Crippen LogP contribution is 2.15. The van der Waals surface area contributed by atoms with E-state index in [0.717, 1.165) is 5.56 Å². The van der Waals surface area contributed by atoms with E-state index in [1.807, 2.05) is 38.4 Å². The van der Waals surface area contributed by atoms with Crippen molar-refractivity contribution in [2.24, 2.45) is 0 Å². The molecule has 0 radical (unpaired) electrons. The fourth-order valence-corrected chi connectivity index (χ4v) is 1.90. The summed E-state index contributed by atoms with van der Waals surface area (Å²) in [5.74, 6) is 0.577. The van der Waals surface area contributed by atoms with Crippen LogP contribution in [0.25, 0.3) is 0 Å². The summed E-state index contributed by atoms with van der Waals surface area (Å²) in [6.45, 7) is 3.09. The van der Waals surface area contributed by atoms with Crippen LogP contribution in [0.3, 0.4) is 0 Å². The third kappa shape index (κ3) is 5.38. The minimum Gasteiger partial charge on any atom is -0.489 e. The molecule has 1 N–H and O–H groups in total. The second-order valence-corrected chi connectivity index (χ2v) is 5.70. The number of carbonyl (C=O) groups is 1. The number of benzene rings is 1. The van der Waals surface area contributed by atoms with E-state index < -0.39 is 0 Å². The number of hydrogen-bond donors (Lipinski definition) is 1. The van der Waals surface area contributed by atoms with Gasteiger partial charge < -0.3 is 15.0 Å². The van der Waals surface area contributed by atoms with Crippen molar-refractivity contribution >= 4 is 5.91 Å². The summed E-state index contributed by atoms with van der Waals surface area (Å²) in [5, 5.41) is 2.93. The van der Waals surface area contributed by atoms with Gasteiger partial charge >= 0.3 is 0 Å². The molecule has 122 valence electrons. The summed E-state index contributed by atoms with van der Waals surface area (Å²) >= 11 is 0. The molecular weight excluding hydrogens is 290 g/mol. The van der Waals surface area contributed by atoms with Gasteiger partial charge in [-0.05, 0) is 45.3 Å². The number of hydrogen-bond acceptors (Lipinski definition) is 4. The Balaban J connectivity index is 1.92. The van der Waals surface area contributed by atoms with Gasteiger partial charge in [0.15, 0.2) is 0 Å². The molecule has 5 heteroatoms. The van der Waals surface area contributed by atoms with E-state index in [1.54, 1.807) is 24.5 Å². The molecule has 2 rings (SSSR count). The molecule has 1 aromatic heterocycles. The molecule has 0 saturated heterocycles. The van der Waals surface area contributed by atoms with Crippen molar-refractivity contribution in [1.82, 2.24) is 15.2 Å². The van der Waals surface area contributed by atoms with Crippen LogP contribution in [0.5, 0.6) is 5.75 Å². The van der Waals surface area contributed by atoms with E-state index >= 15 is 0 Å². The number of aromatic nitrogens is 1. The van der Waals surface area contributed by atoms with Gasteiger partial charge in [-0.3, -0.25) is 9.78 Å². The van der Waals surface area contributed by atoms with E-state index in [-0.39, 0.29) is 11.9 Å². The lowest BCUT2D eigenvalue weighted by Crippen LogP contribution is -2.38. The molecule has 1 aromatic carbocycles. The Bertz CT molecular complexity index is 629. The van der Waals surface area contributed by atoms with Gasteiger partial charge in [-0.15, -0.1) is 0 Å². The molecule has 0 spiro atoms. The standard InChI is InChI=1S/C18H23N3O2/c1-14(21(2)3)11-20-18(22)16-7-4-8-17(10-16)23-13-15-6-5-9-19-12-15/h4-10,12,14H,11,13H2,1-3H3,(H,20,22). The Morgan fingerprint density at radius 3 is 2.83 bits per heavy atom. The van der Waals surface area contributed by atoms with Crippen LogP contribution in [-0.4, -0.2) is 42.5 Å². The van der Waals surface area contributed by atoms with Crippen LogP contribution in [0.1, 0.15) is 22.8 Å². The van der Waals surface area contributed by atoms with Gasteiger partial charge in [-0.25, -0.2) is 0 Å². The van der Waals surface area contributed by atoms with Gasteiger partial charge in [0.1, 0.15) is 12.4 Å². The molecule has 1 heterocycles. The predicted octanol–water partition coefficient (Wildman–Crippen LogP) is 2.34. The second kappa shape index (κ2) is 8.29. The zero-order chi connectivity index (χ0) is 16.7. The number of ether oxygens (including phenoxy) is 1. The maximum atomic E-state index is 12.2. The first-order valence-corrected chi connectivity index (χ1v) is 7.62. The fraction of sp³-hybridized carbons (Fsp3) is 0.333. The average molecular weight is 313 g/mol. The normalized spacial score (nSPS) is 12.0. The first-order chi connectivity index (χ1) is 11.1. The molecule has 0 aliphatic rings. The van der Waals surface area contributed by atoms with E-state index in [4.69, 9.17) is 4.74 Å². The highest BCUT2D eigenvalue weighted by atomic mass is 16.5. The van der Waals surface area contributed by atoms with Crippen LogP contribution in [0.4, 0.5) is 0 Å². The summed E-state index contributed by atoms with van der Waals surface area (Å²) in [5.41, 5.74) is 1.59. The number of rotatable bonds is 7. The number of nitrogens with zero attached hydrogens (tertiary/aromatic N) is 2. The minimum atomic E-state index is -0.0921. The fourth-order valence-electron chi connectivity index (χ4n) is 1.90. The van der Waals surface area contributed by atoms with Gasteiger partial charge in [0.25, 0.3) is 5.91 Å². The monoisotopic (exact) mass is 313 g/mol. The first-order valence-electron chi connectivity index (χ1n) is 7.62. The smallest absolute Gasteiger partial charge is 0.251 e. The van der Waals surface area contributed by atoms with Gasteiger partial charge in [0.05, 0.1) is 0 Å². The molecule has 23 heavy (non-hydrogen) atoms. The zero-order valence-corrected chi connectivity index (χ0v) is 13.8. The van der Waals surface area contributed by atoms with E-state index in [0.29, 0.717) is 24.5 Å². The number of amides is 1. The molecule has 0 fully saturated rings. The molecule has 5 nitrogen and oxygen atoms in total. The van der Waals surface area contributed by atoms with E-state index in [9.17, 15) is 4.79 Å². The third-order valence-electron chi connectivity index (χ3n) is 3.66. The van der Waals surface area contributed by atoms with Gasteiger partial charge in [0, 0.05) is 36.1 Å². The summed E-state index contributed by atoms with van der Waals surface area (Å²) in [6, 6.07) is 11.3. The van der Waals surface area contributed by atoms with Crippen molar-refractivity contribution in [2.45, 2.75) is 19.6 Å². The Morgan fingerprint density at radius 1 is 1.30 bits per heavy atom. The molecular formula is C18H23N3O2. The molecule has 0 aliphatic heterocycles. The van der Waals surface area contributed by atoms with Gasteiger partial charge in [0.2, 0.25) is 0 Å². The summed E-state index contributed by atoms with van der Waals surface area (Å²) < 4.78 is 5.72. The van der Waals surface area contributed by atoms with Crippen molar-refractivity contribution in [3.8, 4) is 5.75 Å². The topological polar surface area (TPSA) is 54.5 Å². The van der Waals surface area contributed by atoms with Crippen LogP contribution < -0.4 is 10.1 Å². The summed E-state index contributed by atoms with van der Waals surface area (Å²) in [6.07, 6.45) is 3.49. The minimum absolute atomic E-state index is 0.0921. The number of nitrogens with one attached hydrogen (secondary N) is 1. The van der Waals surface area contributed by atoms with Crippen LogP contribution in [0.2, 0.25) is 0 Å². The van der Waals surface area contributed by atoms with Crippen LogP contribution >= 0.6 is 0 Å². The van der Waals surface area contributed by atoms with Gasteiger partial charge in [-0.1, -0.05) is 12.1 Å². The molecule has 0 aliphatic carbocycles. The molecule has 1 amide bonds. The van der Waals surface area contributed by atoms with Crippen molar-refractivity contribution in [2.75, 3.05) is 20.6 Å². The molecule has 2 aromatic rings. The zero-order valence-electron chi connectivity index (χ0n) is 13.8. The maximum Gasteiger partial charge on any atom is 0.251 e. The van der Waals surface area contributed by atoms with Crippen molar-refractivity contribution in [3.63, 3.8) is 0 Å². The SMILES string of the molecule is CC(CNC(=O)c1cccc(OCc2cccnc2)c1)N(C)C. The van der Waals surface area contributed by atoms with Crippen molar-refractivity contribution < 1.29 is 9.53 Å². The van der Waals surface area contributed by atoms with E-state index in [1.165, 1.54) is 0 Å². The Labute approximate surface area is 137 Å². The lowest BCUT2D eigenvalue weighted by Gasteiger charge is -2.20. The molecule has 1 atom stereocenters. The van der Waals surface area contributed by atoms with Gasteiger partial charge in [-0.2, -0.15) is 0 Å². The maximum absolute atomic E-state index is 12.2. The first kappa shape index (κ1) is 17.0. The lowest BCUT2D eigenvalue weighted by molar-refractivity contribution is 0.0943. The van der Waals surface area contributed by atoms with Crippen LogP contribution in [0, 0.1) is 0 Å². The Morgan fingerprint density at radius 2 is 2.13 bits per heavy atom. The van der Waals surface area contributed by atoms with Crippen molar-refractivity contribution in [3.05, 3.63) is 59.9 Å². The quantitative estimate of drug-likeness (QED) is 0.852. The van der Waals surface area contributed by atoms with Crippen LogP contribution in [-0.2, 0) is 6.61 Å². The summed E-state index contributed by atoms with van der Waals surface area (Å²) in [4.78, 5) is 18.3. The predicted molar refractivity (Wildman–Crippen MR) is 90.5 cm³/mol. The van der Waals surface area contributed by atoms with Crippen LogP contribution in [0.15, 0.2) is 48.8 Å². The number of likely N-dealkylation sites (N-methyl/N-ethyl adjacent to an activating group) is 1. The highest BCUT2D eigenvalue weighted by Gasteiger charge is 2.10. The summed E-state index contributed by atoms with van der Waals surface area (Å²) in [7, 11) is 3.98. The largest absolute Gasteiger partial charge is 0.489 e. The average Bonchev–Trinajstić information content (AvgIpc) is 2.58. The molecule has 0 bridgehead atoms. The van der Waals surface area contributed by atoms with E-state index in [2.05, 4.69) is 22.1 Å². The molecule has 1 unspecified atom stereocenters. The molecule has 0 saturated carbocycles. The number of carbonyl (C=O) groups excluding carboxylic acids is 1. The number of pyridine rings is 1. The highest BCUT2D eigenvalue weighted by molar-refractivity contribution is 5.94. The second-order valence-electron chi connectivity index (χ2n) is 5.70. The Kier molecular flexibility index (Phi) is 6.11. The Hall–Kier alpha value is -2.40. The van der Waals surface area contributed by atoms with Crippen molar-refractivity contribution in [1.29, 1.82) is 0 Å².